The van der Waals surface area contributed by atoms with Crippen LogP contribution in [0, 0.1) is 6.92 Å². The van der Waals surface area contributed by atoms with E-state index < -0.39 is 5.60 Å². The summed E-state index contributed by atoms with van der Waals surface area (Å²) in [5.74, 6) is 2.07. The number of rotatable bonds is 5. The molecule has 0 bridgehead atoms. The van der Waals surface area contributed by atoms with Crippen molar-refractivity contribution in [3.05, 3.63) is 89.5 Å². The molecule has 2 aliphatic heterocycles. The van der Waals surface area contributed by atoms with Gasteiger partial charge < -0.3 is 28.1 Å². The lowest BCUT2D eigenvalue weighted by Gasteiger charge is -2.51. The summed E-state index contributed by atoms with van der Waals surface area (Å²) in [6.45, 7) is 9.14. The first-order valence-corrected chi connectivity index (χ1v) is 15.1. The van der Waals surface area contributed by atoms with Gasteiger partial charge in [-0.1, -0.05) is 29.4 Å². The van der Waals surface area contributed by atoms with Gasteiger partial charge in [0.25, 0.3) is 0 Å². The van der Waals surface area contributed by atoms with Crippen molar-refractivity contribution in [2.75, 3.05) is 19.7 Å². The Morgan fingerprint density at radius 3 is 2.59 bits per heavy atom. The highest BCUT2D eigenvalue weighted by Crippen LogP contribution is 2.42. The average molecular weight is 597 g/mol. The first-order chi connectivity index (χ1) is 21.2. The van der Waals surface area contributed by atoms with Gasteiger partial charge in [-0.2, -0.15) is 0 Å². The summed E-state index contributed by atoms with van der Waals surface area (Å²) < 4.78 is 29.5. The van der Waals surface area contributed by atoms with Crippen molar-refractivity contribution in [3.8, 4) is 16.9 Å². The number of oxazole rings is 1. The van der Waals surface area contributed by atoms with Gasteiger partial charge in [-0.25, -0.2) is 9.78 Å². The molecule has 0 N–H and O–H groups in total. The predicted octanol–water partition coefficient (Wildman–Crippen LogP) is 6.32. The molecule has 2 aromatic carbocycles. The van der Waals surface area contributed by atoms with Crippen LogP contribution in [-0.2, 0) is 15.9 Å². The maximum atomic E-state index is 12.6. The van der Waals surface area contributed by atoms with Crippen LogP contribution in [0.15, 0.2) is 74.9 Å². The van der Waals surface area contributed by atoms with Gasteiger partial charge in [0, 0.05) is 30.5 Å². The molecule has 228 valence electrons. The zero-order chi connectivity index (χ0) is 30.5. The molecule has 2 aromatic heterocycles. The summed E-state index contributed by atoms with van der Waals surface area (Å²) in [6.07, 6.45) is 4.80. The number of fused-ring (bicyclic) bond motifs is 3. The van der Waals surface area contributed by atoms with E-state index >= 15 is 0 Å². The average Bonchev–Trinajstić information content (AvgIpc) is 3.61. The summed E-state index contributed by atoms with van der Waals surface area (Å²) in [5.41, 5.74) is 4.73. The standard InChI is InChI=1S/C34H36N4O6/c1-21-29-25-7-5-6-8-26(25)30(36-27(31(29)44-37-21)17-28-35-13-15-40-28)22-9-11-23(12-10-22)42-24-18-34(19-24)20-38(14-16-41-34)32(39)43-33(2,3)4/h5-13,15,24,27H,14,16-20H2,1-4H3/t24?,27-,34?/m0/s1. The minimum absolute atomic E-state index is 0.00662. The van der Waals surface area contributed by atoms with Gasteiger partial charge in [0.05, 0.1) is 48.3 Å². The van der Waals surface area contributed by atoms with Crippen LogP contribution in [0.5, 0.6) is 5.75 Å². The molecule has 1 aliphatic carbocycles. The van der Waals surface area contributed by atoms with E-state index in [9.17, 15) is 4.79 Å². The van der Waals surface area contributed by atoms with Crippen molar-refractivity contribution in [2.45, 2.75) is 70.3 Å². The van der Waals surface area contributed by atoms with Crippen molar-refractivity contribution >= 4 is 11.8 Å². The molecule has 10 nitrogen and oxygen atoms in total. The maximum Gasteiger partial charge on any atom is 0.410 e. The van der Waals surface area contributed by atoms with E-state index in [1.807, 2.05) is 64.1 Å². The molecule has 7 rings (SSSR count). The first-order valence-electron chi connectivity index (χ1n) is 15.1. The summed E-state index contributed by atoms with van der Waals surface area (Å²) >= 11 is 0. The number of aromatic nitrogens is 2. The topological polar surface area (TPSA) is 112 Å². The van der Waals surface area contributed by atoms with E-state index in [1.165, 1.54) is 0 Å². The summed E-state index contributed by atoms with van der Waals surface area (Å²) in [5, 5.41) is 4.28. The number of ether oxygens (including phenoxy) is 3. The van der Waals surface area contributed by atoms with Crippen LogP contribution in [0.25, 0.3) is 11.1 Å². The first kappa shape index (κ1) is 28.3. The van der Waals surface area contributed by atoms with E-state index in [4.69, 9.17) is 28.1 Å². The molecule has 0 radical (unpaired) electrons. The van der Waals surface area contributed by atoms with Crippen molar-refractivity contribution < 1.29 is 27.9 Å². The summed E-state index contributed by atoms with van der Waals surface area (Å²) in [6, 6.07) is 15.9. The van der Waals surface area contributed by atoms with E-state index in [-0.39, 0.29) is 23.8 Å². The Kier molecular flexibility index (Phi) is 7.04. The number of benzene rings is 2. The second-order valence-electron chi connectivity index (χ2n) is 12.8. The lowest BCUT2D eigenvalue weighted by molar-refractivity contribution is -0.182. The minimum Gasteiger partial charge on any atom is -0.490 e. The van der Waals surface area contributed by atoms with Gasteiger partial charge in [-0.15, -0.1) is 0 Å². The van der Waals surface area contributed by atoms with Crippen LogP contribution in [0.1, 0.15) is 68.1 Å². The highest BCUT2D eigenvalue weighted by molar-refractivity contribution is 6.17. The Bertz CT molecular complexity index is 1680. The lowest BCUT2D eigenvalue weighted by atomic mass is 9.76. The third kappa shape index (κ3) is 5.50. The molecule has 10 heteroatoms. The van der Waals surface area contributed by atoms with Crippen molar-refractivity contribution in [2.24, 2.45) is 4.99 Å². The number of carbonyl (C=O) groups excluding carboxylic acids is 1. The Labute approximate surface area is 256 Å². The van der Waals surface area contributed by atoms with Crippen LogP contribution in [-0.4, -0.2) is 63.8 Å². The van der Waals surface area contributed by atoms with Crippen LogP contribution >= 0.6 is 0 Å². The van der Waals surface area contributed by atoms with Crippen molar-refractivity contribution in [1.82, 2.24) is 15.0 Å². The van der Waals surface area contributed by atoms with Gasteiger partial charge in [-0.05, 0) is 57.5 Å². The number of nitrogens with zero attached hydrogens (tertiary/aromatic N) is 4. The summed E-state index contributed by atoms with van der Waals surface area (Å²) in [4.78, 5) is 23.9. The number of hydrogen-bond acceptors (Lipinski definition) is 9. The van der Waals surface area contributed by atoms with E-state index in [0.29, 0.717) is 37.8 Å². The normalized spacial score (nSPS) is 22.8. The molecule has 0 unspecified atom stereocenters. The molecule has 1 atom stereocenters. The highest BCUT2D eigenvalue weighted by atomic mass is 16.6. The fourth-order valence-electron chi connectivity index (χ4n) is 6.33. The molecule has 4 aromatic rings. The van der Waals surface area contributed by atoms with Gasteiger partial charge in [0.1, 0.15) is 29.8 Å². The molecule has 1 spiro atoms. The highest BCUT2D eigenvalue weighted by Gasteiger charge is 2.51. The van der Waals surface area contributed by atoms with Gasteiger partial charge in [0.15, 0.2) is 11.7 Å². The summed E-state index contributed by atoms with van der Waals surface area (Å²) in [7, 11) is 0. The van der Waals surface area contributed by atoms with Crippen LogP contribution in [0.4, 0.5) is 4.79 Å². The van der Waals surface area contributed by atoms with E-state index in [2.05, 4.69) is 22.3 Å². The lowest BCUT2D eigenvalue weighted by Crippen LogP contribution is -2.62. The molecular formula is C34H36N4O6. The quantitative estimate of drug-likeness (QED) is 0.263. The monoisotopic (exact) mass is 596 g/mol. The number of aliphatic imine (C=N–C) groups is 1. The third-order valence-corrected chi connectivity index (χ3v) is 8.31. The number of aryl methyl sites for hydroxylation is 1. The molecule has 1 saturated carbocycles. The predicted molar refractivity (Wildman–Crippen MR) is 162 cm³/mol. The zero-order valence-corrected chi connectivity index (χ0v) is 25.4. The second kappa shape index (κ2) is 10.9. The van der Waals surface area contributed by atoms with Crippen molar-refractivity contribution in [3.63, 3.8) is 0 Å². The van der Waals surface area contributed by atoms with Gasteiger partial charge >= 0.3 is 6.09 Å². The molecule has 1 saturated heterocycles. The molecule has 4 heterocycles. The number of hydrogen-bond donors (Lipinski definition) is 0. The second-order valence-corrected chi connectivity index (χ2v) is 12.8. The van der Waals surface area contributed by atoms with Crippen LogP contribution < -0.4 is 4.74 Å². The van der Waals surface area contributed by atoms with Crippen LogP contribution in [0.2, 0.25) is 0 Å². The van der Waals surface area contributed by atoms with Crippen molar-refractivity contribution in [1.29, 1.82) is 0 Å². The van der Waals surface area contributed by atoms with Gasteiger partial charge in [-0.3, -0.25) is 4.99 Å². The van der Waals surface area contributed by atoms with E-state index in [1.54, 1.807) is 17.4 Å². The van der Waals surface area contributed by atoms with Gasteiger partial charge in [0.2, 0.25) is 0 Å². The largest absolute Gasteiger partial charge is 0.490 e. The molecule has 1 amide bonds. The van der Waals surface area contributed by atoms with Crippen LogP contribution in [0.3, 0.4) is 0 Å². The smallest absolute Gasteiger partial charge is 0.410 e. The number of morpholine rings is 1. The van der Waals surface area contributed by atoms with E-state index in [0.717, 1.165) is 52.3 Å². The Balaban J connectivity index is 1.08. The minimum atomic E-state index is -0.528. The Hall–Kier alpha value is -4.44. The zero-order valence-electron chi connectivity index (χ0n) is 25.4. The fourth-order valence-corrected chi connectivity index (χ4v) is 6.33. The third-order valence-electron chi connectivity index (χ3n) is 8.31. The molecule has 44 heavy (non-hydrogen) atoms. The number of amides is 1. The number of carbonyl (C=O) groups is 1. The molecular weight excluding hydrogens is 560 g/mol. The molecule has 2 fully saturated rings. The Morgan fingerprint density at radius 1 is 1.09 bits per heavy atom. The SMILES string of the molecule is Cc1noc2c1-c1ccccc1C(c1ccc(OC3CC4(C3)CN(C(=O)OC(C)(C)C)CCO4)cc1)=N[C@H]2Cc1ncco1. The maximum absolute atomic E-state index is 12.6. The Morgan fingerprint density at radius 2 is 1.86 bits per heavy atom. The molecule has 3 aliphatic rings. The fraction of sp³-hybridized carbons (Fsp3) is 0.412.